The summed E-state index contributed by atoms with van der Waals surface area (Å²) in [7, 11) is 4.19. The zero-order valence-electron chi connectivity index (χ0n) is 13.0. The monoisotopic (exact) mass is 288 g/mol. The molecule has 0 saturated carbocycles. The standard InChI is InChI=1S/C17H24N2S/c1-12-9-17(14(3)20-12)13(2)18-16-8-6-7-15(10-16)11-19(4)5/h6-10,13,18H,11H2,1-5H3. The van der Waals surface area contributed by atoms with Crippen LogP contribution < -0.4 is 5.32 Å². The maximum absolute atomic E-state index is 3.61. The Labute approximate surface area is 126 Å². The lowest BCUT2D eigenvalue weighted by molar-refractivity contribution is 0.402. The fourth-order valence-electron chi connectivity index (χ4n) is 2.53. The quantitative estimate of drug-likeness (QED) is 0.865. The molecule has 0 saturated heterocycles. The Bertz CT molecular complexity index is 572. The zero-order valence-corrected chi connectivity index (χ0v) is 13.8. The molecule has 0 aliphatic carbocycles. The molecular weight excluding hydrogens is 264 g/mol. The number of nitrogens with one attached hydrogen (secondary N) is 1. The molecule has 1 unspecified atom stereocenters. The van der Waals surface area contributed by atoms with Gasteiger partial charge in [0.25, 0.3) is 0 Å². The summed E-state index contributed by atoms with van der Waals surface area (Å²) in [6.45, 7) is 7.58. The van der Waals surface area contributed by atoms with Crippen molar-refractivity contribution in [1.82, 2.24) is 4.90 Å². The summed E-state index contributed by atoms with van der Waals surface area (Å²) in [6, 6.07) is 11.3. The van der Waals surface area contributed by atoms with Crippen LogP contribution in [0, 0.1) is 13.8 Å². The highest BCUT2D eigenvalue weighted by atomic mass is 32.1. The van der Waals surface area contributed by atoms with Crippen LogP contribution in [-0.4, -0.2) is 19.0 Å². The van der Waals surface area contributed by atoms with Crippen molar-refractivity contribution in [3.63, 3.8) is 0 Å². The molecule has 0 fully saturated rings. The van der Waals surface area contributed by atoms with Crippen LogP contribution in [0.3, 0.4) is 0 Å². The first-order valence-corrected chi connectivity index (χ1v) is 7.84. The molecule has 108 valence electrons. The summed E-state index contributed by atoms with van der Waals surface area (Å²) < 4.78 is 0. The first kappa shape index (κ1) is 15.1. The molecule has 2 rings (SSSR count). The fraction of sp³-hybridized carbons (Fsp3) is 0.412. The van der Waals surface area contributed by atoms with E-state index in [0.717, 1.165) is 6.54 Å². The average Bonchev–Trinajstić information content (AvgIpc) is 2.68. The van der Waals surface area contributed by atoms with Gasteiger partial charge in [-0.2, -0.15) is 0 Å². The Kier molecular flexibility index (Phi) is 4.84. The summed E-state index contributed by atoms with van der Waals surface area (Å²) in [4.78, 5) is 4.98. The largest absolute Gasteiger partial charge is 0.378 e. The molecule has 1 heterocycles. The van der Waals surface area contributed by atoms with Crippen molar-refractivity contribution >= 4 is 17.0 Å². The highest BCUT2D eigenvalue weighted by molar-refractivity contribution is 7.12. The second-order valence-electron chi connectivity index (χ2n) is 5.67. The van der Waals surface area contributed by atoms with Crippen molar-refractivity contribution in [3.05, 3.63) is 51.2 Å². The van der Waals surface area contributed by atoms with Gasteiger partial charge in [0.05, 0.1) is 0 Å². The van der Waals surface area contributed by atoms with Gasteiger partial charge in [-0.15, -0.1) is 11.3 Å². The zero-order chi connectivity index (χ0) is 14.7. The third kappa shape index (κ3) is 3.84. The Morgan fingerprint density at radius 3 is 2.55 bits per heavy atom. The second kappa shape index (κ2) is 6.42. The third-order valence-corrected chi connectivity index (χ3v) is 4.34. The van der Waals surface area contributed by atoms with Crippen LogP contribution in [0.15, 0.2) is 30.3 Å². The Morgan fingerprint density at radius 2 is 1.95 bits per heavy atom. The molecule has 20 heavy (non-hydrogen) atoms. The van der Waals surface area contributed by atoms with E-state index in [1.165, 1.54) is 26.6 Å². The first-order valence-electron chi connectivity index (χ1n) is 7.03. The highest BCUT2D eigenvalue weighted by Crippen LogP contribution is 2.28. The van der Waals surface area contributed by atoms with Crippen LogP contribution in [-0.2, 0) is 6.54 Å². The molecule has 0 radical (unpaired) electrons. The van der Waals surface area contributed by atoms with Crippen LogP contribution in [0.5, 0.6) is 0 Å². The van der Waals surface area contributed by atoms with Gasteiger partial charge in [0.2, 0.25) is 0 Å². The molecule has 1 atom stereocenters. The van der Waals surface area contributed by atoms with E-state index < -0.39 is 0 Å². The van der Waals surface area contributed by atoms with Crippen LogP contribution in [0.25, 0.3) is 0 Å². The molecule has 0 amide bonds. The maximum Gasteiger partial charge on any atom is 0.0496 e. The van der Waals surface area contributed by atoms with Gasteiger partial charge in [-0.1, -0.05) is 12.1 Å². The minimum absolute atomic E-state index is 0.342. The van der Waals surface area contributed by atoms with E-state index in [2.05, 4.69) is 75.4 Å². The van der Waals surface area contributed by atoms with Crippen molar-refractivity contribution in [2.45, 2.75) is 33.4 Å². The summed E-state index contributed by atoms with van der Waals surface area (Å²) in [5.74, 6) is 0. The van der Waals surface area contributed by atoms with Gasteiger partial charge in [-0.25, -0.2) is 0 Å². The summed E-state index contributed by atoms with van der Waals surface area (Å²) in [5, 5.41) is 3.61. The van der Waals surface area contributed by atoms with E-state index in [4.69, 9.17) is 0 Å². The van der Waals surface area contributed by atoms with Gasteiger partial charge in [0, 0.05) is 28.0 Å². The predicted octanol–water partition coefficient (Wildman–Crippen LogP) is 4.60. The van der Waals surface area contributed by atoms with Gasteiger partial charge in [-0.05, 0) is 64.2 Å². The maximum atomic E-state index is 3.61. The molecule has 0 spiro atoms. The summed E-state index contributed by atoms with van der Waals surface area (Å²) >= 11 is 1.87. The van der Waals surface area contributed by atoms with E-state index in [-0.39, 0.29) is 0 Å². The molecule has 2 aromatic rings. The number of aryl methyl sites for hydroxylation is 2. The van der Waals surface area contributed by atoms with Gasteiger partial charge in [-0.3, -0.25) is 0 Å². The molecular formula is C17H24N2S. The molecule has 0 aliphatic heterocycles. The molecule has 1 aromatic heterocycles. The number of hydrogen-bond acceptors (Lipinski definition) is 3. The van der Waals surface area contributed by atoms with Gasteiger partial charge < -0.3 is 10.2 Å². The minimum atomic E-state index is 0.342. The summed E-state index contributed by atoms with van der Waals surface area (Å²) in [5.41, 5.74) is 3.94. The summed E-state index contributed by atoms with van der Waals surface area (Å²) in [6.07, 6.45) is 0. The topological polar surface area (TPSA) is 15.3 Å². The minimum Gasteiger partial charge on any atom is -0.378 e. The second-order valence-corrected chi connectivity index (χ2v) is 7.13. The van der Waals surface area contributed by atoms with E-state index in [1.54, 1.807) is 0 Å². The molecule has 0 aliphatic rings. The number of thiophene rings is 1. The van der Waals surface area contributed by atoms with Crippen molar-refractivity contribution in [1.29, 1.82) is 0 Å². The average molecular weight is 288 g/mol. The van der Waals surface area contributed by atoms with Crippen LogP contribution >= 0.6 is 11.3 Å². The lowest BCUT2D eigenvalue weighted by atomic mass is 10.1. The van der Waals surface area contributed by atoms with E-state index in [1.807, 2.05) is 11.3 Å². The van der Waals surface area contributed by atoms with Crippen LogP contribution in [0.1, 0.15) is 33.8 Å². The molecule has 2 nitrogen and oxygen atoms in total. The van der Waals surface area contributed by atoms with Crippen LogP contribution in [0.4, 0.5) is 5.69 Å². The fourth-order valence-corrected chi connectivity index (χ4v) is 3.56. The van der Waals surface area contributed by atoms with Gasteiger partial charge in [0.15, 0.2) is 0 Å². The Balaban J connectivity index is 2.11. The Hall–Kier alpha value is -1.32. The normalized spacial score (nSPS) is 12.7. The number of nitrogens with zero attached hydrogens (tertiary/aromatic N) is 1. The van der Waals surface area contributed by atoms with Crippen molar-refractivity contribution in [2.24, 2.45) is 0 Å². The first-order chi connectivity index (χ1) is 9.45. The van der Waals surface area contributed by atoms with Crippen LogP contribution in [0.2, 0.25) is 0 Å². The molecule has 0 bridgehead atoms. The van der Waals surface area contributed by atoms with Gasteiger partial charge >= 0.3 is 0 Å². The smallest absolute Gasteiger partial charge is 0.0496 e. The van der Waals surface area contributed by atoms with Crippen molar-refractivity contribution < 1.29 is 0 Å². The van der Waals surface area contributed by atoms with Crippen molar-refractivity contribution in [2.75, 3.05) is 19.4 Å². The lowest BCUT2D eigenvalue weighted by Crippen LogP contribution is -2.11. The van der Waals surface area contributed by atoms with E-state index in [0.29, 0.717) is 6.04 Å². The highest BCUT2D eigenvalue weighted by Gasteiger charge is 2.11. The SMILES string of the molecule is Cc1cc(C(C)Nc2cccc(CN(C)C)c2)c(C)s1. The molecule has 1 N–H and O–H groups in total. The predicted molar refractivity (Wildman–Crippen MR) is 89.7 cm³/mol. The number of hydrogen-bond donors (Lipinski definition) is 1. The molecule has 1 aromatic carbocycles. The lowest BCUT2D eigenvalue weighted by Gasteiger charge is -2.17. The van der Waals surface area contributed by atoms with E-state index >= 15 is 0 Å². The number of rotatable bonds is 5. The van der Waals surface area contributed by atoms with E-state index in [9.17, 15) is 0 Å². The van der Waals surface area contributed by atoms with Crippen molar-refractivity contribution in [3.8, 4) is 0 Å². The number of benzene rings is 1. The Morgan fingerprint density at radius 1 is 1.20 bits per heavy atom. The molecule has 3 heteroatoms. The third-order valence-electron chi connectivity index (χ3n) is 3.35. The van der Waals surface area contributed by atoms with Gasteiger partial charge in [0.1, 0.15) is 0 Å². The number of anilines is 1.